The van der Waals surface area contributed by atoms with Crippen molar-refractivity contribution < 1.29 is 14.0 Å². The first-order valence-electron chi connectivity index (χ1n) is 16.1. The number of benzene rings is 5. The number of para-hydroxylation sites is 2. The van der Waals surface area contributed by atoms with Crippen LogP contribution in [0.2, 0.25) is 0 Å². The van der Waals surface area contributed by atoms with Crippen molar-refractivity contribution in [3.63, 3.8) is 0 Å². The molecule has 5 heteroatoms. The van der Waals surface area contributed by atoms with Gasteiger partial charge in [0, 0.05) is 12.8 Å². The Morgan fingerprint density at radius 1 is 0.674 bits per heavy atom. The molecular weight excluding hydrogens is 583 g/mol. The topological polar surface area (TPSA) is 38.8 Å². The Hall–Kier alpha value is -4.87. The summed E-state index contributed by atoms with van der Waals surface area (Å²) in [6.07, 6.45) is 1.89. The summed E-state index contributed by atoms with van der Waals surface area (Å²) in [5.74, 6) is 1.02. The Bertz CT molecular complexity index is 1700. The number of rotatable bonds is 9. The normalized spacial score (nSPS) is 12.9. The molecule has 0 aromatic heterocycles. The van der Waals surface area contributed by atoms with Crippen molar-refractivity contribution in [2.75, 3.05) is 11.5 Å². The molecular formula is C41H41NO3Si. The first-order valence-corrected chi connectivity index (χ1v) is 17.7. The van der Waals surface area contributed by atoms with Crippen molar-refractivity contribution in [2.24, 2.45) is 0 Å². The molecule has 1 aliphatic rings. The van der Waals surface area contributed by atoms with Gasteiger partial charge in [0.2, 0.25) is 0 Å². The number of nitrogens with zero attached hydrogens (tertiary/aromatic N) is 1. The van der Waals surface area contributed by atoms with E-state index in [9.17, 15) is 4.79 Å². The van der Waals surface area contributed by atoms with E-state index in [1.54, 1.807) is 4.90 Å². The second-order valence-corrected chi connectivity index (χ2v) is 15.0. The maximum absolute atomic E-state index is 13.7. The van der Waals surface area contributed by atoms with Crippen molar-refractivity contribution in [1.82, 2.24) is 0 Å². The molecule has 0 heterocycles. The van der Waals surface area contributed by atoms with Gasteiger partial charge in [-0.15, -0.1) is 0 Å². The van der Waals surface area contributed by atoms with Crippen LogP contribution in [-0.2, 0) is 21.0 Å². The number of carbonyl (C=O) groups is 1. The van der Waals surface area contributed by atoms with E-state index in [0.717, 1.165) is 35.5 Å². The van der Waals surface area contributed by atoms with Gasteiger partial charge in [0.05, 0.1) is 23.7 Å². The van der Waals surface area contributed by atoms with Crippen LogP contribution in [0.5, 0.6) is 0 Å². The highest BCUT2D eigenvalue weighted by Gasteiger charge is 2.29. The predicted octanol–water partition coefficient (Wildman–Crippen LogP) is 8.56. The molecule has 0 atom stereocenters. The summed E-state index contributed by atoms with van der Waals surface area (Å²) in [5.41, 5.74) is 6.61. The number of fused-ring (bicyclic) bond motifs is 1. The molecule has 4 nitrogen and oxygen atoms in total. The van der Waals surface area contributed by atoms with Gasteiger partial charge in [0.1, 0.15) is 0 Å². The highest BCUT2D eigenvalue weighted by molar-refractivity contribution is 6.80. The summed E-state index contributed by atoms with van der Waals surface area (Å²) in [5, 5.41) is 2.48. The summed E-state index contributed by atoms with van der Waals surface area (Å²) >= 11 is 0. The number of ether oxygens (including phenoxy) is 1. The van der Waals surface area contributed by atoms with Gasteiger partial charge in [-0.05, 0) is 68.7 Å². The molecule has 0 unspecified atom stereocenters. The molecule has 0 fully saturated rings. The molecule has 1 amide bonds. The molecule has 0 spiro atoms. The van der Waals surface area contributed by atoms with Crippen molar-refractivity contribution in [3.8, 4) is 0 Å². The minimum Gasteiger partial charge on any atom is -0.540 e. The van der Waals surface area contributed by atoms with Crippen molar-refractivity contribution >= 4 is 42.5 Å². The highest BCUT2D eigenvalue weighted by Crippen LogP contribution is 2.39. The molecule has 6 rings (SSSR count). The molecule has 232 valence electrons. The Morgan fingerprint density at radius 3 is 1.72 bits per heavy atom. The lowest BCUT2D eigenvalue weighted by molar-refractivity contribution is 0.159. The first kappa shape index (κ1) is 31.1. The Labute approximate surface area is 274 Å². The predicted molar refractivity (Wildman–Crippen MR) is 192 cm³/mol. The molecule has 0 N–H and O–H groups in total. The van der Waals surface area contributed by atoms with Gasteiger partial charge in [-0.3, -0.25) is 0 Å². The fourth-order valence-electron chi connectivity index (χ4n) is 6.33. The van der Waals surface area contributed by atoms with E-state index in [1.807, 2.05) is 60.7 Å². The molecule has 1 aliphatic carbocycles. The van der Waals surface area contributed by atoms with Gasteiger partial charge in [0.25, 0.3) is 9.04 Å². The second-order valence-electron chi connectivity index (χ2n) is 12.7. The van der Waals surface area contributed by atoms with Crippen LogP contribution in [-0.4, -0.2) is 21.7 Å². The van der Waals surface area contributed by atoms with Crippen LogP contribution in [0, 0.1) is 0 Å². The molecule has 0 saturated carbocycles. The Kier molecular flexibility index (Phi) is 9.51. The van der Waals surface area contributed by atoms with E-state index in [-0.39, 0.29) is 12.0 Å². The van der Waals surface area contributed by atoms with Crippen LogP contribution in [0.4, 0.5) is 16.2 Å². The zero-order valence-corrected chi connectivity index (χ0v) is 28.0. The fourth-order valence-corrected chi connectivity index (χ4v) is 8.68. The van der Waals surface area contributed by atoms with Crippen LogP contribution in [0.15, 0.2) is 145 Å². The number of hydrogen-bond acceptors (Lipinski definition) is 3. The zero-order valence-electron chi connectivity index (χ0n) is 26.9. The molecule has 46 heavy (non-hydrogen) atoms. The molecule has 5 aromatic carbocycles. The number of anilines is 2. The van der Waals surface area contributed by atoms with Crippen molar-refractivity contribution in [1.29, 1.82) is 0 Å². The lowest BCUT2D eigenvalue weighted by atomic mass is 9.77. The van der Waals surface area contributed by atoms with Gasteiger partial charge in [-0.2, -0.15) is 0 Å². The first-order chi connectivity index (χ1) is 22.4. The largest absolute Gasteiger partial charge is 0.540 e. The van der Waals surface area contributed by atoms with E-state index in [0.29, 0.717) is 6.42 Å². The third-order valence-corrected chi connectivity index (χ3v) is 11.0. The van der Waals surface area contributed by atoms with Crippen LogP contribution in [0.1, 0.15) is 50.3 Å². The molecule has 0 bridgehead atoms. The van der Waals surface area contributed by atoms with Crippen LogP contribution >= 0.6 is 0 Å². The SMILES string of the molecule is CC(C)(C)c1cccc2c1CCC(O[SiH](c1ccccc1)c1ccccc1)=C2CCOC(=O)N(c1ccccc1)c1ccccc1. The average Bonchev–Trinajstić information content (AvgIpc) is 3.09. The van der Waals surface area contributed by atoms with Crippen LogP contribution in [0.25, 0.3) is 5.57 Å². The van der Waals surface area contributed by atoms with E-state index < -0.39 is 15.1 Å². The molecule has 5 aromatic rings. The minimum absolute atomic E-state index is 0.0124. The number of amides is 1. The summed E-state index contributed by atoms with van der Waals surface area (Å²) in [4.78, 5) is 15.3. The second kappa shape index (κ2) is 14.0. The zero-order chi connectivity index (χ0) is 31.9. The van der Waals surface area contributed by atoms with Crippen LogP contribution in [0.3, 0.4) is 0 Å². The Morgan fingerprint density at radius 2 is 1.20 bits per heavy atom. The van der Waals surface area contributed by atoms with Gasteiger partial charge in [-0.1, -0.05) is 136 Å². The van der Waals surface area contributed by atoms with Crippen molar-refractivity contribution in [2.45, 2.75) is 45.4 Å². The summed E-state index contributed by atoms with van der Waals surface area (Å²) in [7, 11) is -2.05. The number of carbonyl (C=O) groups excluding carboxylic acids is 1. The monoisotopic (exact) mass is 623 g/mol. The summed E-state index contributed by atoms with van der Waals surface area (Å²) < 4.78 is 13.2. The molecule has 0 saturated heterocycles. The van der Waals surface area contributed by atoms with Crippen LogP contribution < -0.4 is 15.3 Å². The third kappa shape index (κ3) is 7.00. The standard InChI is InChI=1S/C41H41NO3Si/c1-41(2,3)38-26-16-25-35-36(38)27-28-39(45-46(33-21-12-6-13-22-33)34-23-14-7-15-24-34)37(35)29-30-44-40(43)42(31-17-8-4-9-18-31)32-19-10-5-11-20-32/h4-26,46H,27-30H2,1-3H3. The third-order valence-electron chi connectivity index (χ3n) is 8.50. The highest BCUT2D eigenvalue weighted by atomic mass is 28.3. The fraction of sp³-hybridized carbons (Fsp3) is 0.195. The lowest BCUT2D eigenvalue weighted by Gasteiger charge is -2.32. The molecule has 0 radical (unpaired) electrons. The maximum atomic E-state index is 13.7. The summed E-state index contributed by atoms with van der Waals surface area (Å²) in [6.45, 7) is 7.05. The maximum Gasteiger partial charge on any atom is 0.418 e. The smallest absolute Gasteiger partial charge is 0.418 e. The average molecular weight is 624 g/mol. The van der Waals surface area contributed by atoms with E-state index >= 15 is 0 Å². The molecule has 0 aliphatic heterocycles. The quantitative estimate of drug-likeness (QED) is 0.155. The van der Waals surface area contributed by atoms with E-state index in [1.165, 1.54) is 27.1 Å². The Balaban J connectivity index is 1.34. The number of hydrogen-bond donors (Lipinski definition) is 0. The summed E-state index contributed by atoms with van der Waals surface area (Å²) in [6, 6.07) is 47.1. The van der Waals surface area contributed by atoms with E-state index in [2.05, 4.69) is 99.6 Å². The minimum atomic E-state index is -2.05. The van der Waals surface area contributed by atoms with Gasteiger partial charge >= 0.3 is 6.09 Å². The van der Waals surface area contributed by atoms with E-state index in [4.69, 9.17) is 9.16 Å². The van der Waals surface area contributed by atoms with Crippen molar-refractivity contribution in [3.05, 3.63) is 162 Å². The van der Waals surface area contributed by atoms with Gasteiger partial charge in [0.15, 0.2) is 0 Å². The number of allylic oxidation sites excluding steroid dienone is 1. The lowest BCUT2D eigenvalue weighted by Crippen LogP contribution is -2.45. The van der Waals surface area contributed by atoms with Gasteiger partial charge in [-0.25, -0.2) is 9.69 Å². The van der Waals surface area contributed by atoms with Gasteiger partial charge < -0.3 is 9.16 Å².